The Morgan fingerprint density at radius 3 is 2.52 bits per heavy atom. The Morgan fingerprint density at radius 2 is 2.00 bits per heavy atom. The number of carbonyl (C=O) groups excluding carboxylic acids is 1. The number of anilines is 1. The third kappa shape index (κ3) is 9.80. The molecule has 0 saturated heterocycles. The summed E-state index contributed by atoms with van der Waals surface area (Å²) < 4.78 is 5.17. The largest absolute Gasteiger partial charge is 0.480 e. The minimum atomic E-state index is -0.968. The number of aliphatic carboxylic acids is 1. The van der Waals surface area contributed by atoms with E-state index < -0.39 is 5.97 Å². The van der Waals surface area contributed by atoms with Crippen molar-refractivity contribution in [3.63, 3.8) is 0 Å². The maximum absolute atomic E-state index is 11.7. The molecule has 0 bridgehead atoms. The Bertz CT molecular complexity index is 483. The summed E-state index contributed by atoms with van der Waals surface area (Å²) in [6.07, 6.45) is 2.93. The molecule has 6 nitrogen and oxygen atoms in total. The fourth-order valence-corrected chi connectivity index (χ4v) is 1.86. The molecule has 0 aromatic heterocycles. The maximum atomic E-state index is 11.7. The van der Waals surface area contributed by atoms with E-state index in [4.69, 9.17) is 9.84 Å². The van der Waals surface area contributed by atoms with Crippen LogP contribution in [0.15, 0.2) is 24.3 Å². The Kier molecular flexibility index (Phi) is 11.8. The third-order valence-corrected chi connectivity index (χ3v) is 3.41. The van der Waals surface area contributed by atoms with E-state index in [0.717, 1.165) is 17.9 Å². The Balaban J connectivity index is 0.000000841. The maximum Gasteiger partial charge on any atom is 0.328 e. The number of carboxylic acids is 1. The molecule has 0 radical (unpaired) electrons. The third-order valence-electron chi connectivity index (χ3n) is 2.83. The van der Waals surface area contributed by atoms with Crippen LogP contribution < -0.4 is 11.1 Å². The van der Waals surface area contributed by atoms with Crippen LogP contribution in [0.2, 0.25) is 0 Å². The number of nitrogens with one attached hydrogen (secondary N) is 1. The van der Waals surface area contributed by atoms with Crippen molar-refractivity contribution in [3.8, 4) is 0 Å². The second kappa shape index (κ2) is 12.8. The number of carboxylic acid groups (broad SMARTS) is 1. The number of para-hydroxylation sites is 1. The first-order valence-corrected chi connectivity index (χ1v) is 8.77. The molecule has 0 unspecified atom stereocenters. The molecule has 130 valence electrons. The van der Waals surface area contributed by atoms with E-state index in [9.17, 15) is 9.59 Å². The van der Waals surface area contributed by atoms with Crippen molar-refractivity contribution >= 4 is 29.4 Å². The van der Waals surface area contributed by atoms with E-state index in [2.05, 4.69) is 24.0 Å². The number of benzene rings is 1. The van der Waals surface area contributed by atoms with Crippen molar-refractivity contribution in [2.75, 3.05) is 30.5 Å². The number of carbonyl (C=O) groups is 2. The summed E-state index contributed by atoms with van der Waals surface area (Å²) in [7, 11) is 0. The molecule has 0 aliphatic rings. The molecule has 0 heterocycles. The second-order valence-electron chi connectivity index (χ2n) is 4.63. The molecule has 1 rings (SSSR count). The molecule has 1 aromatic rings. The lowest BCUT2D eigenvalue weighted by molar-refractivity contribution is -0.143. The van der Waals surface area contributed by atoms with Crippen LogP contribution in [0.25, 0.3) is 0 Å². The lowest BCUT2D eigenvalue weighted by atomic mass is 10.1. The summed E-state index contributed by atoms with van der Waals surface area (Å²) in [6.45, 7) is 4.12. The Labute approximate surface area is 141 Å². The van der Waals surface area contributed by atoms with Crippen LogP contribution in [-0.4, -0.2) is 48.2 Å². The highest BCUT2D eigenvalue weighted by Gasteiger charge is 2.14. The van der Waals surface area contributed by atoms with Gasteiger partial charge < -0.3 is 20.9 Å². The van der Waals surface area contributed by atoms with Gasteiger partial charge in [0, 0.05) is 11.4 Å². The summed E-state index contributed by atoms with van der Waals surface area (Å²) in [5.41, 5.74) is 6.79. The molecule has 1 atom stereocenters. The standard InChI is InChI=1S/C14H21NO2S.C2H5NO2/c1-4-12-7-5-6-8-13(12)15-11(2)14(16)17-9-10-18-3;3-1-2(4)5/h5-8,11,15H,4,9-10H2,1-3H3;1,3H2,(H,4,5)/t11-;/m0./s1. The number of hydrogen-bond donors (Lipinski definition) is 3. The summed E-state index contributed by atoms with van der Waals surface area (Å²) in [5.74, 6) is -0.329. The van der Waals surface area contributed by atoms with E-state index in [1.54, 1.807) is 11.8 Å². The van der Waals surface area contributed by atoms with Gasteiger partial charge in [-0.05, 0) is 31.2 Å². The average molecular weight is 342 g/mol. The first-order chi connectivity index (χ1) is 11.0. The highest BCUT2D eigenvalue weighted by Crippen LogP contribution is 2.16. The van der Waals surface area contributed by atoms with Gasteiger partial charge in [0.1, 0.15) is 12.6 Å². The lowest BCUT2D eigenvalue weighted by Gasteiger charge is -2.16. The smallest absolute Gasteiger partial charge is 0.328 e. The van der Waals surface area contributed by atoms with Crippen LogP contribution >= 0.6 is 11.8 Å². The molecule has 0 amide bonds. The Morgan fingerprint density at radius 1 is 1.39 bits per heavy atom. The first kappa shape index (κ1) is 21.3. The number of hydrogen-bond acceptors (Lipinski definition) is 6. The minimum absolute atomic E-state index is 0.199. The zero-order valence-electron chi connectivity index (χ0n) is 13.9. The fourth-order valence-electron chi connectivity index (χ4n) is 1.61. The van der Waals surface area contributed by atoms with Crippen molar-refractivity contribution in [3.05, 3.63) is 29.8 Å². The molecule has 0 fully saturated rings. The zero-order chi connectivity index (χ0) is 17.7. The Hall–Kier alpha value is -1.73. The molecule has 0 aliphatic heterocycles. The summed E-state index contributed by atoms with van der Waals surface area (Å²) >= 11 is 1.67. The van der Waals surface area contributed by atoms with E-state index >= 15 is 0 Å². The summed E-state index contributed by atoms with van der Waals surface area (Å²) in [4.78, 5) is 21.0. The number of ether oxygens (including phenoxy) is 1. The van der Waals surface area contributed by atoms with Crippen LogP contribution in [0.5, 0.6) is 0 Å². The van der Waals surface area contributed by atoms with Crippen LogP contribution in [0.3, 0.4) is 0 Å². The minimum Gasteiger partial charge on any atom is -0.480 e. The number of thioether (sulfide) groups is 1. The molecule has 0 spiro atoms. The first-order valence-electron chi connectivity index (χ1n) is 7.38. The topological polar surface area (TPSA) is 102 Å². The average Bonchev–Trinajstić information content (AvgIpc) is 2.55. The van der Waals surface area contributed by atoms with Crippen molar-refractivity contribution < 1.29 is 19.4 Å². The molecule has 4 N–H and O–H groups in total. The fraction of sp³-hybridized carbons (Fsp3) is 0.500. The normalized spacial score (nSPS) is 11.0. The van der Waals surface area contributed by atoms with Crippen LogP contribution in [0, 0.1) is 0 Å². The van der Waals surface area contributed by atoms with E-state index in [0.29, 0.717) is 6.61 Å². The van der Waals surface area contributed by atoms with Gasteiger partial charge >= 0.3 is 11.9 Å². The van der Waals surface area contributed by atoms with Gasteiger partial charge in [-0.25, -0.2) is 4.79 Å². The van der Waals surface area contributed by atoms with E-state index in [-0.39, 0.29) is 18.6 Å². The SMILES string of the molecule is CCc1ccccc1N[C@@H](C)C(=O)OCCSC.NCC(=O)O. The van der Waals surface area contributed by atoms with Crippen LogP contribution in [0.1, 0.15) is 19.4 Å². The van der Waals surface area contributed by atoms with Crippen molar-refractivity contribution in [1.29, 1.82) is 0 Å². The van der Waals surface area contributed by atoms with Crippen LogP contribution in [0.4, 0.5) is 5.69 Å². The van der Waals surface area contributed by atoms with E-state index in [1.807, 2.05) is 31.4 Å². The molecular weight excluding hydrogens is 316 g/mol. The molecule has 23 heavy (non-hydrogen) atoms. The second-order valence-corrected chi connectivity index (χ2v) is 5.62. The highest BCUT2D eigenvalue weighted by atomic mass is 32.2. The summed E-state index contributed by atoms with van der Waals surface area (Å²) in [6, 6.07) is 7.71. The van der Waals surface area contributed by atoms with Gasteiger partial charge in [0.05, 0.1) is 6.54 Å². The van der Waals surface area contributed by atoms with Crippen molar-refractivity contribution in [2.45, 2.75) is 26.3 Å². The number of aryl methyl sites for hydroxylation is 1. The number of rotatable bonds is 8. The lowest BCUT2D eigenvalue weighted by Crippen LogP contribution is -2.29. The quantitative estimate of drug-likeness (QED) is 0.490. The molecule has 0 aliphatic carbocycles. The molecule has 0 saturated carbocycles. The van der Waals surface area contributed by atoms with Gasteiger partial charge in [-0.2, -0.15) is 11.8 Å². The highest BCUT2D eigenvalue weighted by molar-refractivity contribution is 7.98. The van der Waals surface area contributed by atoms with Crippen LogP contribution in [-0.2, 0) is 20.7 Å². The van der Waals surface area contributed by atoms with E-state index in [1.165, 1.54) is 5.56 Å². The van der Waals surface area contributed by atoms with Crippen molar-refractivity contribution in [1.82, 2.24) is 0 Å². The van der Waals surface area contributed by atoms with Gasteiger partial charge in [0.2, 0.25) is 0 Å². The van der Waals surface area contributed by atoms with Gasteiger partial charge in [-0.1, -0.05) is 25.1 Å². The number of esters is 1. The molecular formula is C16H26N2O4S. The predicted octanol–water partition coefficient (Wildman–Crippen LogP) is 1.99. The van der Waals surface area contributed by atoms with Gasteiger partial charge in [-0.3, -0.25) is 4.79 Å². The summed E-state index contributed by atoms with van der Waals surface area (Å²) in [5, 5.41) is 10.8. The number of nitrogens with two attached hydrogens (primary N) is 1. The zero-order valence-corrected chi connectivity index (χ0v) is 14.7. The molecule has 7 heteroatoms. The monoisotopic (exact) mass is 342 g/mol. The van der Waals surface area contributed by atoms with Gasteiger partial charge in [0.15, 0.2) is 0 Å². The molecule has 1 aromatic carbocycles. The van der Waals surface area contributed by atoms with Gasteiger partial charge in [-0.15, -0.1) is 0 Å². The van der Waals surface area contributed by atoms with Gasteiger partial charge in [0.25, 0.3) is 0 Å². The van der Waals surface area contributed by atoms with Crippen molar-refractivity contribution in [2.24, 2.45) is 5.73 Å². The predicted molar refractivity (Wildman–Crippen MR) is 94.9 cm³/mol.